The molecule has 0 aliphatic carbocycles. The topological polar surface area (TPSA) is 68.8 Å². The van der Waals surface area contributed by atoms with Crippen LogP contribution in [0.1, 0.15) is 24.1 Å². The van der Waals surface area contributed by atoms with Gasteiger partial charge in [-0.1, -0.05) is 46.3 Å². The highest BCUT2D eigenvalue weighted by Gasteiger charge is 2.35. The minimum Gasteiger partial charge on any atom is -0.463 e. The summed E-state index contributed by atoms with van der Waals surface area (Å²) in [5.74, 6) is 0.851. The number of hydrogen-bond donors (Lipinski definition) is 2. The Morgan fingerprint density at radius 3 is 2.68 bits per heavy atom. The highest BCUT2D eigenvalue weighted by Crippen LogP contribution is 2.42. The number of benzene rings is 2. The van der Waals surface area contributed by atoms with E-state index in [4.69, 9.17) is 26.4 Å². The Hall–Kier alpha value is -2.58. The molecule has 4 rings (SSSR count). The van der Waals surface area contributed by atoms with E-state index in [2.05, 4.69) is 26.6 Å². The molecule has 1 unspecified atom stereocenters. The third-order valence-corrected chi connectivity index (χ3v) is 5.34. The fourth-order valence-electron chi connectivity index (χ4n) is 3.21. The molecule has 0 radical (unpaired) electrons. The molecule has 2 aromatic carbocycles. The molecule has 2 heterocycles. The van der Waals surface area contributed by atoms with Crippen LogP contribution in [0.25, 0.3) is 5.70 Å². The molecule has 28 heavy (non-hydrogen) atoms. The zero-order chi connectivity index (χ0) is 19.7. The molecule has 144 valence electrons. The maximum absolute atomic E-state index is 12.9. The number of thiocarbonyl (C=S) groups is 1. The van der Waals surface area contributed by atoms with Crippen LogP contribution in [0.2, 0.25) is 0 Å². The number of fused-ring (bicyclic) bond motifs is 1. The molecular weight excluding hydrogens is 444 g/mol. The highest BCUT2D eigenvalue weighted by atomic mass is 79.9. The molecule has 0 spiro atoms. The lowest BCUT2D eigenvalue weighted by Gasteiger charge is -2.31. The summed E-state index contributed by atoms with van der Waals surface area (Å²) in [5, 5.41) is 6.73. The third kappa shape index (κ3) is 3.45. The standard InChI is InChI=1S/C20H17BrN2O4S/c1-2-25-19(24)16-17(11-6-4-3-5-7-11)22-20(28)23-18(16)12-8-14-15(9-13(12)21)27-10-26-14/h3-9,18H,2,10H2,1H3,(H2,22,23,28). The summed E-state index contributed by atoms with van der Waals surface area (Å²) >= 11 is 9.01. The SMILES string of the molecule is CCOC(=O)C1=C(c2ccccc2)NC(=S)NC1c1cc2c(cc1Br)OCO2. The molecular formula is C20H17BrN2O4S. The second kappa shape index (κ2) is 7.81. The van der Waals surface area contributed by atoms with Gasteiger partial charge in [-0.25, -0.2) is 4.79 Å². The number of hydrogen-bond acceptors (Lipinski definition) is 5. The van der Waals surface area contributed by atoms with Crippen molar-refractivity contribution < 1.29 is 19.0 Å². The predicted molar refractivity (Wildman–Crippen MR) is 112 cm³/mol. The molecule has 0 aromatic heterocycles. The van der Waals surface area contributed by atoms with E-state index in [0.29, 0.717) is 27.9 Å². The van der Waals surface area contributed by atoms with Crippen LogP contribution in [0, 0.1) is 0 Å². The molecule has 0 saturated carbocycles. The zero-order valence-corrected chi connectivity index (χ0v) is 17.4. The van der Waals surface area contributed by atoms with Crippen molar-refractivity contribution in [2.75, 3.05) is 13.4 Å². The minimum absolute atomic E-state index is 0.166. The van der Waals surface area contributed by atoms with Gasteiger partial charge in [-0.05, 0) is 42.4 Å². The average Bonchev–Trinajstić information content (AvgIpc) is 3.14. The van der Waals surface area contributed by atoms with Crippen LogP contribution in [-0.4, -0.2) is 24.5 Å². The smallest absolute Gasteiger partial charge is 0.338 e. The minimum atomic E-state index is -0.521. The second-order valence-electron chi connectivity index (χ2n) is 6.13. The van der Waals surface area contributed by atoms with Gasteiger partial charge in [0.1, 0.15) is 0 Å². The van der Waals surface area contributed by atoms with Crippen molar-refractivity contribution >= 4 is 44.9 Å². The molecule has 2 aliphatic rings. The van der Waals surface area contributed by atoms with Crippen molar-refractivity contribution in [3.8, 4) is 11.5 Å². The maximum atomic E-state index is 12.9. The van der Waals surface area contributed by atoms with Crippen LogP contribution >= 0.6 is 28.1 Å². The molecule has 2 aromatic rings. The van der Waals surface area contributed by atoms with Crippen molar-refractivity contribution in [2.24, 2.45) is 0 Å². The van der Waals surface area contributed by atoms with E-state index in [1.807, 2.05) is 42.5 Å². The lowest BCUT2D eigenvalue weighted by atomic mass is 9.92. The van der Waals surface area contributed by atoms with Gasteiger partial charge in [0.2, 0.25) is 6.79 Å². The number of nitrogens with one attached hydrogen (secondary N) is 2. The summed E-state index contributed by atoms with van der Waals surface area (Å²) in [7, 11) is 0. The molecule has 6 nitrogen and oxygen atoms in total. The monoisotopic (exact) mass is 460 g/mol. The van der Waals surface area contributed by atoms with Gasteiger partial charge >= 0.3 is 5.97 Å². The van der Waals surface area contributed by atoms with Crippen molar-refractivity contribution in [1.29, 1.82) is 0 Å². The summed E-state index contributed by atoms with van der Waals surface area (Å²) in [4.78, 5) is 12.9. The first-order valence-electron chi connectivity index (χ1n) is 8.71. The Balaban J connectivity index is 1.89. The quantitative estimate of drug-likeness (QED) is 0.532. The maximum Gasteiger partial charge on any atom is 0.338 e. The molecule has 8 heteroatoms. The number of carbonyl (C=O) groups is 1. The van der Waals surface area contributed by atoms with E-state index in [-0.39, 0.29) is 13.4 Å². The summed E-state index contributed by atoms with van der Waals surface area (Å²) in [6, 6.07) is 12.7. The fourth-order valence-corrected chi connectivity index (χ4v) is 3.98. The van der Waals surface area contributed by atoms with Crippen LogP contribution in [0.5, 0.6) is 11.5 Å². The van der Waals surface area contributed by atoms with E-state index in [9.17, 15) is 4.79 Å². The Bertz CT molecular complexity index is 978. The number of halogens is 1. The van der Waals surface area contributed by atoms with Crippen LogP contribution in [-0.2, 0) is 9.53 Å². The molecule has 0 fully saturated rings. The number of esters is 1. The van der Waals surface area contributed by atoms with E-state index >= 15 is 0 Å². The van der Waals surface area contributed by atoms with Gasteiger partial charge in [-0.3, -0.25) is 0 Å². The van der Waals surface area contributed by atoms with Gasteiger partial charge in [0, 0.05) is 4.47 Å². The first-order chi connectivity index (χ1) is 13.6. The van der Waals surface area contributed by atoms with Gasteiger partial charge in [-0.15, -0.1) is 0 Å². The summed E-state index contributed by atoms with van der Waals surface area (Å²) < 4.78 is 17.1. The average molecular weight is 461 g/mol. The van der Waals surface area contributed by atoms with E-state index in [0.717, 1.165) is 15.6 Å². The molecule has 0 amide bonds. The Kier molecular flexibility index (Phi) is 5.23. The van der Waals surface area contributed by atoms with Gasteiger partial charge < -0.3 is 24.8 Å². The Morgan fingerprint density at radius 1 is 1.25 bits per heavy atom. The van der Waals surface area contributed by atoms with E-state index in [1.165, 1.54) is 0 Å². The van der Waals surface area contributed by atoms with Crippen molar-refractivity contribution in [1.82, 2.24) is 10.6 Å². The molecule has 0 bridgehead atoms. The predicted octanol–water partition coefficient (Wildman–Crippen LogP) is 3.67. The van der Waals surface area contributed by atoms with Gasteiger partial charge in [0.05, 0.1) is 23.9 Å². The summed E-state index contributed by atoms with van der Waals surface area (Å²) in [5.41, 5.74) is 2.71. The first-order valence-corrected chi connectivity index (χ1v) is 9.92. The lowest BCUT2D eigenvalue weighted by molar-refractivity contribution is -0.138. The summed E-state index contributed by atoms with van der Waals surface area (Å²) in [6.45, 7) is 2.21. The molecule has 1 atom stereocenters. The Labute approximate surface area is 176 Å². The molecule has 2 N–H and O–H groups in total. The van der Waals surface area contributed by atoms with Crippen molar-refractivity contribution in [3.05, 3.63) is 63.6 Å². The van der Waals surface area contributed by atoms with Crippen LogP contribution in [0.4, 0.5) is 0 Å². The zero-order valence-electron chi connectivity index (χ0n) is 15.0. The summed E-state index contributed by atoms with van der Waals surface area (Å²) in [6.07, 6.45) is 0. The van der Waals surface area contributed by atoms with Gasteiger partial charge in [-0.2, -0.15) is 0 Å². The fraction of sp³-hybridized carbons (Fsp3) is 0.200. The van der Waals surface area contributed by atoms with E-state index < -0.39 is 12.0 Å². The normalized spacial score (nSPS) is 17.8. The highest BCUT2D eigenvalue weighted by molar-refractivity contribution is 9.10. The van der Waals surface area contributed by atoms with Gasteiger partial charge in [0.15, 0.2) is 16.6 Å². The molecule has 2 aliphatic heterocycles. The van der Waals surface area contributed by atoms with E-state index in [1.54, 1.807) is 6.92 Å². The Morgan fingerprint density at radius 2 is 1.96 bits per heavy atom. The number of rotatable bonds is 4. The van der Waals surface area contributed by atoms with Crippen molar-refractivity contribution in [2.45, 2.75) is 13.0 Å². The van der Waals surface area contributed by atoms with Crippen molar-refractivity contribution in [3.63, 3.8) is 0 Å². The van der Waals surface area contributed by atoms with Crippen LogP contribution in [0.15, 0.2) is 52.5 Å². The lowest BCUT2D eigenvalue weighted by Crippen LogP contribution is -2.45. The van der Waals surface area contributed by atoms with Gasteiger partial charge in [0.25, 0.3) is 0 Å². The molecule has 0 saturated heterocycles. The largest absolute Gasteiger partial charge is 0.463 e. The second-order valence-corrected chi connectivity index (χ2v) is 7.40. The van der Waals surface area contributed by atoms with Crippen LogP contribution in [0.3, 0.4) is 0 Å². The first kappa shape index (κ1) is 18.8. The number of ether oxygens (including phenoxy) is 3. The van der Waals surface area contributed by atoms with Crippen LogP contribution < -0.4 is 20.1 Å². The third-order valence-electron chi connectivity index (χ3n) is 4.43. The number of carbonyl (C=O) groups excluding carboxylic acids is 1.